The normalized spacial score (nSPS) is 10.1. The number of H-pyrrole nitrogens is 1. The molecule has 0 aliphatic rings. The molecular formula is C13H12N2O3. The Morgan fingerprint density at radius 3 is 2.78 bits per heavy atom. The molecule has 0 bridgehead atoms. The second-order valence-electron chi connectivity index (χ2n) is 3.71. The van der Waals surface area contributed by atoms with Gasteiger partial charge in [-0.1, -0.05) is 18.2 Å². The number of nitrogens with one attached hydrogen (secondary N) is 2. The first-order chi connectivity index (χ1) is 8.70. The fraction of sp³-hybridized carbons (Fsp3) is 0.0769. The van der Waals surface area contributed by atoms with E-state index < -0.39 is 0 Å². The minimum atomic E-state index is -0.387. The Bertz CT molecular complexity index is 619. The molecule has 0 aliphatic heterocycles. The van der Waals surface area contributed by atoms with Crippen molar-refractivity contribution in [2.45, 2.75) is 6.61 Å². The van der Waals surface area contributed by atoms with E-state index in [9.17, 15) is 9.59 Å². The average molecular weight is 244 g/mol. The van der Waals surface area contributed by atoms with Gasteiger partial charge in [-0.3, -0.25) is 9.59 Å². The topological polar surface area (TPSA) is 82.2 Å². The van der Waals surface area contributed by atoms with Crippen molar-refractivity contribution in [3.8, 4) is 0 Å². The number of rotatable bonds is 3. The van der Waals surface area contributed by atoms with Gasteiger partial charge in [0, 0.05) is 29.1 Å². The molecule has 0 saturated heterocycles. The highest BCUT2D eigenvalue weighted by Crippen LogP contribution is 2.15. The largest absolute Gasteiger partial charge is 0.392 e. The van der Waals surface area contributed by atoms with Crippen molar-refractivity contribution in [1.29, 1.82) is 0 Å². The predicted molar refractivity (Wildman–Crippen MR) is 67.4 cm³/mol. The lowest BCUT2D eigenvalue weighted by molar-refractivity contribution is 0.102. The number of benzene rings is 1. The number of hydrogen-bond acceptors (Lipinski definition) is 3. The molecule has 0 spiro atoms. The number of aromatic amines is 1. The summed E-state index contributed by atoms with van der Waals surface area (Å²) in [4.78, 5) is 25.4. The molecule has 1 amide bonds. The van der Waals surface area contributed by atoms with Gasteiger partial charge in [-0.05, 0) is 12.1 Å². The summed E-state index contributed by atoms with van der Waals surface area (Å²) in [5, 5.41) is 11.8. The second-order valence-corrected chi connectivity index (χ2v) is 3.71. The van der Waals surface area contributed by atoms with Gasteiger partial charge in [-0.25, -0.2) is 0 Å². The van der Waals surface area contributed by atoms with Crippen molar-refractivity contribution in [1.82, 2.24) is 4.98 Å². The molecule has 0 fully saturated rings. The number of aromatic nitrogens is 1. The van der Waals surface area contributed by atoms with Crippen LogP contribution >= 0.6 is 0 Å². The Balaban J connectivity index is 2.24. The standard InChI is InChI=1S/C13H12N2O3/c16-8-10-3-1-2-4-11(10)15-13(18)9-5-6-14-12(17)7-9/h1-7,16H,8H2,(H,14,17)(H,15,18). The second kappa shape index (κ2) is 5.29. The molecule has 1 heterocycles. The molecule has 0 aliphatic carbocycles. The van der Waals surface area contributed by atoms with Crippen molar-refractivity contribution in [3.05, 3.63) is 64.1 Å². The Hall–Kier alpha value is -2.40. The molecule has 0 unspecified atom stereocenters. The minimum Gasteiger partial charge on any atom is -0.392 e. The quantitative estimate of drug-likeness (QED) is 0.756. The van der Waals surface area contributed by atoms with Crippen LogP contribution in [0.25, 0.3) is 0 Å². The van der Waals surface area contributed by atoms with E-state index in [4.69, 9.17) is 5.11 Å². The lowest BCUT2D eigenvalue weighted by Crippen LogP contribution is -2.16. The van der Waals surface area contributed by atoms with E-state index in [1.165, 1.54) is 18.3 Å². The fourth-order valence-electron chi connectivity index (χ4n) is 1.56. The third-order valence-electron chi connectivity index (χ3n) is 2.47. The van der Waals surface area contributed by atoms with Gasteiger partial charge in [0.2, 0.25) is 5.56 Å². The van der Waals surface area contributed by atoms with Crippen molar-refractivity contribution >= 4 is 11.6 Å². The highest BCUT2D eigenvalue weighted by atomic mass is 16.3. The number of carbonyl (C=O) groups is 1. The van der Waals surface area contributed by atoms with Crippen LogP contribution in [0.4, 0.5) is 5.69 Å². The molecule has 18 heavy (non-hydrogen) atoms. The van der Waals surface area contributed by atoms with E-state index in [1.54, 1.807) is 24.3 Å². The van der Waals surface area contributed by atoms with E-state index in [-0.39, 0.29) is 23.6 Å². The van der Waals surface area contributed by atoms with Gasteiger partial charge in [-0.2, -0.15) is 0 Å². The summed E-state index contributed by atoms with van der Waals surface area (Å²) in [6.07, 6.45) is 1.41. The molecule has 0 saturated carbocycles. The third-order valence-corrected chi connectivity index (χ3v) is 2.47. The number of para-hydroxylation sites is 1. The SMILES string of the molecule is O=C(Nc1ccccc1CO)c1cc[nH]c(=O)c1. The van der Waals surface area contributed by atoms with Crippen molar-refractivity contribution in [3.63, 3.8) is 0 Å². The number of hydrogen-bond donors (Lipinski definition) is 3. The smallest absolute Gasteiger partial charge is 0.255 e. The van der Waals surface area contributed by atoms with E-state index in [1.807, 2.05) is 0 Å². The Morgan fingerprint density at radius 2 is 2.06 bits per heavy atom. The van der Waals surface area contributed by atoms with Crippen LogP contribution in [0.2, 0.25) is 0 Å². The van der Waals surface area contributed by atoms with Crippen LogP contribution in [0.15, 0.2) is 47.4 Å². The van der Waals surface area contributed by atoms with Gasteiger partial charge < -0.3 is 15.4 Å². The molecular weight excluding hydrogens is 232 g/mol. The molecule has 0 atom stereocenters. The molecule has 92 valence electrons. The van der Waals surface area contributed by atoms with Crippen LogP contribution in [0.5, 0.6) is 0 Å². The monoisotopic (exact) mass is 244 g/mol. The molecule has 2 aromatic rings. The van der Waals surface area contributed by atoms with Crippen molar-refractivity contribution < 1.29 is 9.90 Å². The first-order valence-corrected chi connectivity index (χ1v) is 5.39. The molecule has 2 rings (SSSR count). The number of carbonyl (C=O) groups excluding carboxylic acids is 1. The number of anilines is 1. The van der Waals surface area contributed by atoms with Crippen LogP contribution in [0.3, 0.4) is 0 Å². The maximum absolute atomic E-state index is 11.9. The number of aliphatic hydroxyl groups is 1. The zero-order valence-electron chi connectivity index (χ0n) is 9.51. The van der Waals surface area contributed by atoms with Gasteiger partial charge in [0.05, 0.1) is 6.61 Å². The minimum absolute atomic E-state index is 0.161. The Kier molecular flexibility index (Phi) is 3.54. The Labute approximate surface area is 103 Å². The zero-order valence-corrected chi connectivity index (χ0v) is 9.51. The maximum Gasteiger partial charge on any atom is 0.255 e. The average Bonchev–Trinajstić information content (AvgIpc) is 2.39. The molecule has 1 aromatic heterocycles. The summed E-state index contributed by atoms with van der Waals surface area (Å²) in [7, 11) is 0. The lowest BCUT2D eigenvalue weighted by atomic mass is 10.1. The maximum atomic E-state index is 11.9. The molecule has 5 heteroatoms. The summed E-state index contributed by atoms with van der Waals surface area (Å²) in [6.45, 7) is -0.161. The summed E-state index contributed by atoms with van der Waals surface area (Å²) < 4.78 is 0. The van der Waals surface area contributed by atoms with Crippen molar-refractivity contribution in [2.75, 3.05) is 5.32 Å². The highest BCUT2D eigenvalue weighted by Gasteiger charge is 2.08. The van der Waals surface area contributed by atoms with Gasteiger partial charge in [-0.15, -0.1) is 0 Å². The van der Waals surface area contributed by atoms with Crippen LogP contribution < -0.4 is 10.9 Å². The Morgan fingerprint density at radius 1 is 1.28 bits per heavy atom. The molecule has 3 N–H and O–H groups in total. The van der Waals surface area contributed by atoms with E-state index in [0.29, 0.717) is 11.3 Å². The van der Waals surface area contributed by atoms with E-state index in [0.717, 1.165) is 0 Å². The van der Waals surface area contributed by atoms with Gasteiger partial charge in [0.1, 0.15) is 0 Å². The number of amides is 1. The van der Waals surface area contributed by atoms with Gasteiger partial charge in [0.25, 0.3) is 5.91 Å². The number of pyridine rings is 1. The fourth-order valence-corrected chi connectivity index (χ4v) is 1.56. The summed E-state index contributed by atoms with van der Waals surface area (Å²) >= 11 is 0. The van der Waals surface area contributed by atoms with Gasteiger partial charge >= 0.3 is 0 Å². The summed E-state index contributed by atoms with van der Waals surface area (Å²) in [6, 6.07) is 9.67. The zero-order chi connectivity index (χ0) is 13.0. The van der Waals surface area contributed by atoms with Crippen LogP contribution in [0, 0.1) is 0 Å². The molecule has 5 nitrogen and oxygen atoms in total. The van der Waals surface area contributed by atoms with Crippen LogP contribution in [-0.2, 0) is 6.61 Å². The number of aliphatic hydroxyl groups excluding tert-OH is 1. The van der Waals surface area contributed by atoms with Crippen LogP contribution in [0.1, 0.15) is 15.9 Å². The first kappa shape index (κ1) is 12.1. The first-order valence-electron chi connectivity index (χ1n) is 5.39. The van der Waals surface area contributed by atoms with Crippen LogP contribution in [-0.4, -0.2) is 16.0 Å². The van der Waals surface area contributed by atoms with E-state index in [2.05, 4.69) is 10.3 Å². The molecule has 0 radical (unpaired) electrons. The van der Waals surface area contributed by atoms with Gasteiger partial charge in [0.15, 0.2) is 0 Å². The summed E-state index contributed by atoms with van der Waals surface area (Å²) in [5.74, 6) is -0.387. The predicted octanol–water partition coefficient (Wildman–Crippen LogP) is 1.12. The highest BCUT2D eigenvalue weighted by molar-refractivity contribution is 6.04. The van der Waals surface area contributed by atoms with E-state index >= 15 is 0 Å². The summed E-state index contributed by atoms with van der Waals surface area (Å²) in [5.41, 5.74) is 1.09. The van der Waals surface area contributed by atoms with Crippen molar-refractivity contribution in [2.24, 2.45) is 0 Å². The third kappa shape index (κ3) is 2.64. The molecule has 1 aromatic carbocycles. The lowest BCUT2D eigenvalue weighted by Gasteiger charge is -2.08.